The topological polar surface area (TPSA) is 135 Å². The molecule has 0 aliphatic rings. The summed E-state index contributed by atoms with van der Waals surface area (Å²) in [7, 11) is 0. The van der Waals surface area contributed by atoms with Gasteiger partial charge in [-0.05, 0) is 0 Å². The fourth-order valence-corrected chi connectivity index (χ4v) is 0.872. The molecular weight excluding hydrogens is 216 g/mol. The number of hydrogen-bond acceptors (Lipinski definition) is 8. The van der Waals surface area contributed by atoms with Crippen molar-refractivity contribution in [2.45, 2.75) is 25.2 Å². The van der Waals surface area contributed by atoms with E-state index in [2.05, 4.69) is 0 Å². The third kappa shape index (κ3) is 10.2. The van der Waals surface area contributed by atoms with Crippen molar-refractivity contribution >= 4 is 0 Å². The number of rotatable bonds is 11. The van der Waals surface area contributed by atoms with Crippen LogP contribution in [0.25, 0.3) is 0 Å². The van der Waals surface area contributed by atoms with Crippen LogP contribution in [0, 0.1) is 0 Å². The van der Waals surface area contributed by atoms with E-state index in [9.17, 15) is 0 Å². The molecule has 0 spiro atoms. The molecule has 2 unspecified atom stereocenters. The summed E-state index contributed by atoms with van der Waals surface area (Å²) in [5.74, 6) is 0. The third-order valence-corrected chi connectivity index (χ3v) is 1.85. The Morgan fingerprint density at radius 3 is 1.50 bits per heavy atom. The van der Waals surface area contributed by atoms with Gasteiger partial charge in [-0.25, -0.2) is 0 Å². The van der Waals surface area contributed by atoms with Crippen molar-refractivity contribution in [1.29, 1.82) is 0 Å². The van der Waals surface area contributed by atoms with Gasteiger partial charge in [-0.3, -0.25) is 0 Å². The molecule has 0 aromatic carbocycles. The Bertz CT molecular complexity index is 136. The van der Waals surface area contributed by atoms with E-state index < -0.39 is 12.3 Å². The van der Waals surface area contributed by atoms with E-state index >= 15 is 0 Å². The third-order valence-electron chi connectivity index (χ3n) is 1.85. The van der Waals surface area contributed by atoms with Gasteiger partial charge in [0, 0.05) is 26.1 Å². The van der Waals surface area contributed by atoms with Gasteiger partial charge in [0.2, 0.25) is 0 Å². The number of hydrogen-bond donors (Lipinski definition) is 6. The maximum absolute atomic E-state index is 8.39. The molecule has 0 heterocycles. The van der Waals surface area contributed by atoms with Gasteiger partial charge in [-0.2, -0.15) is 11.0 Å². The minimum Gasteiger partial charge on any atom is -0.379 e. The molecule has 0 rings (SSSR count). The van der Waals surface area contributed by atoms with Crippen molar-refractivity contribution in [2.75, 3.05) is 26.4 Å². The summed E-state index contributed by atoms with van der Waals surface area (Å²) in [6, 6.07) is 0. The van der Waals surface area contributed by atoms with E-state index in [1.807, 2.05) is 11.0 Å². The molecule has 16 heavy (non-hydrogen) atoms. The van der Waals surface area contributed by atoms with Crippen LogP contribution in [0.2, 0.25) is 0 Å². The van der Waals surface area contributed by atoms with E-state index in [0.29, 0.717) is 39.3 Å². The SMILES string of the molecule is NC(CCOCCOCCC(N)NO)NO. The predicted octanol–water partition coefficient (Wildman–Crippen LogP) is -1.67. The molecular formula is C8H22N4O4. The molecule has 0 aliphatic heterocycles. The Kier molecular flexibility index (Phi) is 11.0. The standard InChI is InChI=1S/C8H22N4O4/c9-7(11-13)1-3-15-5-6-16-4-2-8(10)12-14/h7-8,11-14H,1-6,9-10H2. The summed E-state index contributed by atoms with van der Waals surface area (Å²) in [6.07, 6.45) is 0.120. The van der Waals surface area contributed by atoms with Gasteiger partial charge in [0.1, 0.15) is 0 Å². The highest BCUT2D eigenvalue weighted by atomic mass is 16.5. The summed E-state index contributed by atoms with van der Waals surface area (Å²) < 4.78 is 10.4. The molecule has 0 saturated carbocycles. The van der Waals surface area contributed by atoms with Crippen molar-refractivity contribution < 1.29 is 19.9 Å². The average Bonchev–Trinajstić information content (AvgIpc) is 2.31. The summed E-state index contributed by atoms with van der Waals surface area (Å²) in [5.41, 5.74) is 14.6. The highest BCUT2D eigenvalue weighted by molar-refractivity contribution is 4.51. The Morgan fingerprint density at radius 1 is 0.812 bits per heavy atom. The van der Waals surface area contributed by atoms with Crippen LogP contribution in [0.15, 0.2) is 0 Å². The van der Waals surface area contributed by atoms with Crippen LogP contribution in [0.1, 0.15) is 12.8 Å². The molecule has 98 valence electrons. The Balaban J connectivity index is 3.04. The molecule has 0 saturated heterocycles. The lowest BCUT2D eigenvalue weighted by atomic mass is 10.4. The van der Waals surface area contributed by atoms with E-state index in [1.54, 1.807) is 0 Å². The molecule has 0 bridgehead atoms. The number of nitrogens with two attached hydrogens (primary N) is 2. The minimum atomic E-state index is -0.463. The molecule has 0 aromatic heterocycles. The maximum Gasteiger partial charge on any atom is 0.0806 e. The average molecular weight is 238 g/mol. The van der Waals surface area contributed by atoms with Crippen molar-refractivity contribution in [3.8, 4) is 0 Å². The lowest BCUT2D eigenvalue weighted by Crippen LogP contribution is -2.36. The lowest BCUT2D eigenvalue weighted by molar-refractivity contribution is 0.0288. The molecule has 0 amide bonds. The monoisotopic (exact) mass is 238 g/mol. The first-order valence-electron chi connectivity index (χ1n) is 5.16. The van der Waals surface area contributed by atoms with Crippen LogP contribution in [0.3, 0.4) is 0 Å². The number of ether oxygens (including phenoxy) is 2. The van der Waals surface area contributed by atoms with Gasteiger partial charge in [0.05, 0.1) is 25.5 Å². The highest BCUT2D eigenvalue weighted by Gasteiger charge is 2.00. The van der Waals surface area contributed by atoms with Gasteiger partial charge in [0.15, 0.2) is 0 Å². The Morgan fingerprint density at radius 2 is 1.19 bits per heavy atom. The maximum atomic E-state index is 8.39. The van der Waals surface area contributed by atoms with Crippen molar-refractivity contribution in [3.63, 3.8) is 0 Å². The van der Waals surface area contributed by atoms with Crippen molar-refractivity contribution in [3.05, 3.63) is 0 Å². The minimum absolute atomic E-state index is 0.454. The quantitative estimate of drug-likeness (QED) is 0.143. The molecule has 0 fully saturated rings. The fraction of sp³-hybridized carbons (Fsp3) is 1.00. The smallest absolute Gasteiger partial charge is 0.0806 e. The fourth-order valence-electron chi connectivity index (χ4n) is 0.872. The zero-order valence-electron chi connectivity index (χ0n) is 9.26. The van der Waals surface area contributed by atoms with Crippen LogP contribution in [-0.2, 0) is 9.47 Å². The van der Waals surface area contributed by atoms with Crippen molar-refractivity contribution in [1.82, 2.24) is 11.0 Å². The van der Waals surface area contributed by atoms with Crippen LogP contribution in [-0.4, -0.2) is 49.2 Å². The molecule has 0 aromatic rings. The molecule has 8 N–H and O–H groups in total. The van der Waals surface area contributed by atoms with Gasteiger partial charge in [0.25, 0.3) is 0 Å². The Hall–Kier alpha value is -0.320. The van der Waals surface area contributed by atoms with Gasteiger partial charge in [-0.1, -0.05) is 0 Å². The van der Waals surface area contributed by atoms with Gasteiger partial charge < -0.3 is 31.4 Å². The van der Waals surface area contributed by atoms with Crippen LogP contribution in [0.5, 0.6) is 0 Å². The first kappa shape index (κ1) is 15.7. The number of hydroxylamine groups is 2. The molecule has 2 atom stereocenters. The Labute approximate surface area is 94.8 Å². The van der Waals surface area contributed by atoms with Gasteiger partial charge >= 0.3 is 0 Å². The van der Waals surface area contributed by atoms with Crippen LogP contribution < -0.4 is 22.4 Å². The predicted molar refractivity (Wildman–Crippen MR) is 56.7 cm³/mol. The summed E-state index contributed by atoms with van der Waals surface area (Å²) in [4.78, 5) is 0. The second kappa shape index (κ2) is 11.2. The molecule has 0 radical (unpaired) electrons. The van der Waals surface area contributed by atoms with Crippen LogP contribution >= 0.6 is 0 Å². The first-order chi connectivity index (χ1) is 7.70. The summed E-state index contributed by atoms with van der Waals surface area (Å²) in [6.45, 7) is 1.82. The molecule has 8 heteroatoms. The molecule has 8 nitrogen and oxygen atoms in total. The van der Waals surface area contributed by atoms with E-state index in [-0.39, 0.29) is 0 Å². The highest BCUT2D eigenvalue weighted by Crippen LogP contribution is 1.88. The molecule has 0 aliphatic carbocycles. The lowest BCUT2D eigenvalue weighted by Gasteiger charge is -2.10. The number of nitrogens with one attached hydrogen (secondary N) is 2. The van der Waals surface area contributed by atoms with E-state index in [1.165, 1.54) is 0 Å². The normalized spacial score (nSPS) is 15.0. The summed E-state index contributed by atoms with van der Waals surface area (Å²) in [5, 5.41) is 16.8. The summed E-state index contributed by atoms with van der Waals surface area (Å²) >= 11 is 0. The first-order valence-corrected chi connectivity index (χ1v) is 5.16. The van der Waals surface area contributed by atoms with E-state index in [0.717, 1.165) is 0 Å². The zero-order chi connectivity index (χ0) is 12.2. The van der Waals surface area contributed by atoms with Crippen LogP contribution in [0.4, 0.5) is 0 Å². The largest absolute Gasteiger partial charge is 0.379 e. The van der Waals surface area contributed by atoms with Crippen molar-refractivity contribution in [2.24, 2.45) is 11.5 Å². The van der Waals surface area contributed by atoms with E-state index in [4.69, 9.17) is 31.4 Å². The second-order valence-corrected chi connectivity index (χ2v) is 3.27. The van der Waals surface area contributed by atoms with Gasteiger partial charge in [-0.15, -0.1) is 0 Å². The zero-order valence-corrected chi connectivity index (χ0v) is 9.26. The second-order valence-electron chi connectivity index (χ2n) is 3.27.